The summed E-state index contributed by atoms with van der Waals surface area (Å²) >= 11 is 0. The SMILES string of the molecule is c1ccc2c(c1)-c1cccc3c(-c4ccc(-n5c6ccccc6c6ccc7cccnc7c65)cc4)ccc-2c13. The van der Waals surface area contributed by atoms with Gasteiger partial charge in [-0.15, -0.1) is 0 Å². The lowest BCUT2D eigenvalue weighted by Gasteiger charge is -2.12. The van der Waals surface area contributed by atoms with E-state index >= 15 is 0 Å². The van der Waals surface area contributed by atoms with Crippen molar-refractivity contribution in [1.82, 2.24) is 9.55 Å². The molecular formula is C37H22N2. The Morgan fingerprint density at radius 1 is 0.462 bits per heavy atom. The van der Waals surface area contributed by atoms with Gasteiger partial charge in [0.2, 0.25) is 0 Å². The quantitative estimate of drug-likeness (QED) is 0.234. The molecule has 0 radical (unpaired) electrons. The molecule has 2 aromatic heterocycles. The Kier molecular flexibility index (Phi) is 4.08. The molecule has 6 aromatic carbocycles. The van der Waals surface area contributed by atoms with E-state index in [9.17, 15) is 0 Å². The first-order valence-corrected chi connectivity index (χ1v) is 13.4. The molecule has 0 spiro atoms. The first kappa shape index (κ1) is 20.8. The molecule has 180 valence electrons. The highest BCUT2D eigenvalue weighted by Crippen LogP contribution is 2.49. The van der Waals surface area contributed by atoms with E-state index in [0.29, 0.717) is 0 Å². The van der Waals surface area contributed by atoms with Gasteiger partial charge in [0, 0.05) is 28.0 Å². The molecule has 0 fully saturated rings. The molecule has 1 aliphatic rings. The summed E-state index contributed by atoms with van der Waals surface area (Å²) < 4.78 is 2.37. The van der Waals surface area contributed by atoms with Crippen LogP contribution in [0.1, 0.15) is 0 Å². The van der Waals surface area contributed by atoms with E-state index in [1.165, 1.54) is 60.4 Å². The molecule has 0 N–H and O–H groups in total. The number of rotatable bonds is 2. The zero-order chi connectivity index (χ0) is 25.5. The van der Waals surface area contributed by atoms with Crippen LogP contribution in [0.3, 0.4) is 0 Å². The topological polar surface area (TPSA) is 17.8 Å². The summed E-state index contributed by atoms with van der Waals surface area (Å²) in [5, 5.41) is 6.30. The van der Waals surface area contributed by atoms with E-state index in [1.807, 2.05) is 12.3 Å². The molecule has 1 aliphatic carbocycles. The number of benzene rings is 6. The monoisotopic (exact) mass is 494 g/mol. The minimum atomic E-state index is 1.03. The summed E-state index contributed by atoms with van der Waals surface area (Å²) in [5.74, 6) is 0. The molecule has 0 unspecified atom stereocenters. The van der Waals surface area contributed by atoms with Crippen LogP contribution in [-0.4, -0.2) is 9.55 Å². The average Bonchev–Trinajstić information content (AvgIpc) is 3.52. The van der Waals surface area contributed by atoms with Crippen LogP contribution in [0, 0.1) is 0 Å². The molecular weight excluding hydrogens is 472 g/mol. The van der Waals surface area contributed by atoms with E-state index in [0.717, 1.165) is 22.1 Å². The number of pyridine rings is 1. The molecule has 2 heterocycles. The lowest BCUT2D eigenvalue weighted by molar-refractivity contribution is 1.18. The van der Waals surface area contributed by atoms with E-state index in [4.69, 9.17) is 4.98 Å². The van der Waals surface area contributed by atoms with Crippen molar-refractivity contribution in [2.45, 2.75) is 0 Å². The van der Waals surface area contributed by atoms with Crippen LogP contribution in [0.4, 0.5) is 0 Å². The lowest BCUT2D eigenvalue weighted by Crippen LogP contribution is -1.95. The third-order valence-corrected chi connectivity index (χ3v) is 8.39. The number of nitrogens with zero attached hydrogens (tertiary/aromatic N) is 2. The smallest absolute Gasteiger partial charge is 0.0948 e. The first-order valence-electron chi connectivity index (χ1n) is 13.4. The van der Waals surface area contributed by atoms with Crippen molar-refractivity contribution in [3.05, 3.63) is 134 Å². The molecule has 0 aliphatic heterocycles. The standard InChI is InChI=1S/C37H22N2/c1-2-9-28-27(8-1)31-12-5-11-30-26(20-21-32(28)35(30)31)23-14-17-25(18-15-23)39-34-13-4-3-10-29(34)33-19-16-24-7-6-22-38-36(24)37(33)39/h1-22H. The number of aromatic nitrogens is 2. The molecule has 2 heteroatoms. The van der Waals surface area contributed by atoms with Crippen LogP contribution in [0.25, 0.3) is 82.5 Å². The summed E-state index contributed by atoms with van der Waals surface area (Å²) in [6.45, 7) is 0. The first-order chi connectivity index (χ1) is 19.4. The Morgan fingerprint density at radius 3 is 2.05 bits per heavy atom. The second kappa shape index (κ2) is 7.66. The summed E-state index contributed by atoms with van der Waals surface area (Å²) in [5.41, 5.74) is 12.3. The molecule has 0 bridgehead atoms. The number of para-hydroxylation sites is 1. The highest BCUT2D eigenvalue weighted by atomic mass is 15.0. The Bertz CT molecular complexity index is 2240. The lowest BCUT2D eigenvalue weighted by atomic mass is 9.94. The van der Waals surface area contributed by atoms with Gasteiger partial charge in [0.25, 0.3) is 0 Å². The van der Waals surface area contributed by atoms with Crippen molar-refractivity contribution in [3.63, 3.8) is 0 Å². The van der Waals surface area contributed by atoms with E-state index in [2.05, 4.69) is 126 Å². The molecule has 8 aromatic rings. The fourth-order valence-electron chi connectivity index (χ4n) is 6.71. The zero-order valence-corrected chi connectivity index (χ0v) is 21.1. The summed E-state index contributed by atoms with van der Waals surface area (Å²) in [6.07, 6.45) is 1.89. The Labute approximate surface area is 225 Å². The summed E-state index contributed by atoms with van der Waals surface area (Å²) in [6, 6.07) is 46.3. The van der Waals surface area contributed by atoms with Crippen LogP contribution >= 0.6 is 0 Å². The van der Waals surface area contributed by atoms with Gasteiger partial charge in [0.1, 0.15) is 0 Å². The molecule has 0 saturated heterocycles. The van der Waals surface area contributed by atoms with Gasteiger partial charge >= 0.3 is 0 Å². The minimum absolute atomic E-state index is 1.03. The van der Waals surface area contributed by atoms with Crippen molar-refractivity contribution >= 4 is 43.5 Å². The molecule has 0 amide bonds. The third-order valence-electron chi connectivity index (χ3n) is 8.39. The van der Waals surface area contributed by atoms with Gasteiger partial charge in [-0.3, -0.25) is 4.98 Å². The fourth-order valence-corrected chi connectivity index (χ4v) is 6.71. The maximum atomic E-state index is 4.81. The van der Waals surface area contributed by atoms with Gasteiger partial charge in [-0.1, -0.05) is 103 Å². The highest BCUT2D eigenvalue weighted by Gasteiger charge is 2.22. The average molecular weight is 495 g/mol. The predicted molar refractivity (Wildman–Crippen MR) is 163 cm³/mol. The van der Waals surface area contributed by atoms with Crippen molar-refractivity contribution < 1.29 is 0 Å². The van der Waals surface area contributed by atoms with E-state index < -0.39 is 0 Å². The zero-order valence-electron chi connectivity index (χ0n) is 21.1. The summed E-state index contributed by atoms with van der Waals surface area (Å²) in [7, 11) is 0. The van der Waals surface area contributed by atoms with Gasteiger partial charge in [-0.2, -0.15) is 0 Å². The molecule has 0 saturated carbocycles. The van der Waals surface area contributed by atoms with Crippen molar-refractivity contribution in [2.75, 3.05) is 0 Å². The van der Waals surface area contributed by atoms with Gasteiger partial charge < -0.3 is 4.57 Å². The van der Waals surface area contributed by atoms with Gasteiger partial charge in [0.05, 0.1) is 16.6 Å². The van der Waals surface area contributed by atoms with Crippen LogP contribution in [0.2, 0.25) is 0 Å². The predicted octanol–water partition coefficient (Wildman–Crippen LogP) is 9.80. The maximum Gasteiger partial charge on any atom is 0.0948 e. The second-order valence-electron chi connectivity index (χ2n) is 10.4. The summed E-state index contributed by atoms with van der Waals surface area (Å²) in [4.78, 5) is 4.81. The van der Waals surface area contributed by atoms with Gasteiger partial charge in [-0.25, -0.2) is 0 Å². The van der Waals surface area contributed by atoms with Crippen LogP contribution in [0.5, 0.6) is 0 Å². The Hall–Kier alpha value is -5.21. The molecule has 2 nitrogen and oxygen atoms in total. The van der Waals surface area contributed by atoms with Crippen molar-refractivity contribution in [1.29, 1.82) is 0 Å². The van der Waals surface area contributed by atoms with Gasteiger partial charge in [0.15, 0.2) is 0 Å². The maximum absolute atomic E-state index is 4.81. The largest absolute Gasteiger partial charge is 0.307 e. The minimum Gasteiger partial charge on any atom is -0.307 e. The third kappa shape index (κ3) is 2.78. The Morgan fingerprint density at radius 2 is 1.18 bits per heavy atom. The second-order valence-corrected chi connectivity index (χ2v) is 10.4. The van der Waals surface area contributed by atoms with Crippen molar-refractivity contribution in [3.8, 4) is 39.1 Å². The highest BCUT2D eigenvalue weighted by molar-refractivity contribution is 6.19. The van der Waals surface area contributed by atoms with E-state index in [-0.39, 0.29) is 0 Å². The molecule has 9 rings (SSSR count). The van der Waals surface area contributed by atoms with Crippen LogP contribution in [0.15, 0.2) is 134 Å². The van der Waals surface area contributed by atoms with Crippen LogP contribution < -0.4 is 0 Å². The normalized spacial score (nSPS) is 12.1. The number of fused-ring (bicyclic) bond motifs is 8. The van der Waals surface area contributed by atoms with Gasteiger partial charge in [-0.05, 0) is 68.4 Å². The van der Waals surface area contributed by atoms with Crippen LogP contribution in [-0.2, 0) is 0 Å². The number of hydrogen-bond donors (Lipinski definition) is 0. The fraction of sp³-hybridized carbons (Fsp3) is 0. The molecule has 0 atom stereocenters. The number of hydrogen-bond acceptors (Lipinski definition) is 1. The van der Waals surface area contributed by atoms with E-state index in [1.54, 1.807) is 0 Å². The van der Waals surface area contributed by atoms with Crippen molar-refractivity contribution in [2.24, 2.45) is 0 Å². The molecule has 39 heavy (non-hydrogen) atoms. The Balaban J connectivity index is 1.26.